The lowest BCUT2D eigenvalue weighted by Crippen LogP contribution is -2.46. The Labute approximate surface area is 129 Å². The average molecular weight is 313 g/mol. The minimum Gasteiger partial charge on any atom is -0.481 e. The molecule has 0 aliphatic rings. The summed E-state index contributed by atoms with van der Waals surface area (Å²) in [5, 5.41) is 14.9. The van der Waals surface area contributed by atoms with E-state index in [4.69, 9.17) is 16.7 Å². The van der Waals surface area contributed by atoms with Gasteiger partial charge in [0.2, 0.25) is 0 Å². The normalized spacial score (nSPS) is 12.6. The van der Waals surface area contributed by atoms with Crippen molar-refractivity contribution in [2.45, 2.75) is 40.2 Å². The summed E-state index contributed by atoms with van der Waals surface area (Å²) in [4.78, 5) is 23.0. The predicted octanol–water partition coefficient (Wildman–Crippen LogP) is 3.66. The molecule has 6 heteroatoms. The Balaban J connectivity index is 2.78. The zero-order chi connectivity index (χ0) is 16.2. The van der Waals surface area contributed by atoms with Gasteiger partial charge in [-0.15, -0.1) is 0 Å². The number of benzene rings is 1. The van der Waals surface area contributed by atoms with Crippen molar-refractivity contribution in [3.63, 3.8) is 0 Å². The molecule has 0 heterocycles. The summed E-state index contributed by atoms with van der Waals surface area (Å²) < 4.78 is 0. The molecule has 1 atom stereocenters. The number of amides is 2. The van der Waals surface area contributed by atoms with Gasteiger partial charge in [0.1, 0.15) is 0 Å². The molecule has 0 bridgehead atoms. The molecule has 1 unspecified atom stereocenters. The molecule has 1 rings (SSSR count). The molecule has 1 aromatic rings. The first-order valence-corrected chi connectivity index (χ1v) is 7.03. The Morgan fingerprint density at radius 2 is 1.95 bits per heavy atom. The number of carbonyl (C=O) groups is 2. The van der Waals surface area contributed by atoms with E-state index in [2.05, 4.69) is 10.6 Å². The minimum absolute atomic E-state index is 0.133. The zero-order valence-electron chi connectivity index (χ0n) is 12.7. The first-order chi connectivity index (χ1) is 9.59. The number of hydrogen-bond donors (Lipinski definition) is 3. The zero-order valence-corrected chi connectivity index (χ0v) is 13.4. The predicted molar refractivity (Wildman–Crippen MR) is 83.8 cm³/mol. The Hall–Kier alpha value is -1.75. The molecule has 0 saturated heterocycles. The second kappa shape index (κ2) is 6.80. The summed E-state index contributed by atoms with van der Waals surface area (Å²) in [6.07, 6.45) is -0.133. The standard InChI is InChI=1S/C15H21ClN2O3/c1-9-5-6-10(16)7-11(9)17-14(21)18-12(8-13(19)20)15(2,3)4/h5-7,12H,8H2,1-4H3,(H,19,20)(H2,17,18,21). The van der Waals surface area contributed by atoms with E-state index in [1.165, 1.54) is 0 Å². The Kier molecular flexibility index (Phi) is 5.61. The van der Waals surface area contributed by atoms with Crippen LogP contribution in [0.2, 0.25) is 5.02 Å². The third-order valence-electron chi connectivity index (χ3n) is 3.18. The molecular formula is C15H21ClN2O3. The molecule has 0 saturated carbocycles. The quantitative estimate of drug-likeness (QED) is 0.794. The number of anilines is 1. The number of halogens is 1. The van der Waals surface area contributed by atoms with Crippen LogP contribution in [0.4, 0.5) is 10.5 Å². The van der Waals surface area contributed by atoms with E-state index in [0.717, 1.165) is 5.56 Å². The van der Waals surface area contributed by atoms with E-state index in [-0.39, 0.29) is 11.8 Å². The molecular weight excluding hydrogens is 292 g/mol. The van der Waals surface area contributed by atoms with Gasteiger partial charge in [0, 0.05) is 16.8 Å². The number of carboxylic acid groups (broad SMARTS) is 1. The maximum atomic E-state index is 12.1. The van der Waals surface area contributed by atoms with Gasteiger partial charge in [-0.2, -0.15) is 0 Å². The highest BCUT2D eigenvalue weighted by Crippen LogP contribution is 2.23. The molecule has 0 aliphatic heterocycles. The van der Waals surface area contributed by atoms with Gasteiger partial charge in [-0.25, -0.2) is 4.79 Å². The second-order valence-electron chi connectivity index (χ2n) is 6.07. The van der Waals surface area contributed by atoms with Crippen LogP contribution in [0.15, 0.2) is 18.2 Å². The van der Waals surface area contributed by atoms with Crippen molar-refractivity contribution >= 4 is 29.3 Å². The monoisotopic (exact) mass is 312 g/mol. The Morgan fingerprint density at radius 1 is 1.33 bits per heavy atom. The van der Waals surface area contributed by atoms with Crippen LogP contribution in [0.25, 0.3) is 0 Å². The number of rotatable bonds is 4. The average Bonchev–Trinajstić information content (AvgIpc) is 2.31. The van der Waals surface area contributed by atoms with E-state index in [9.17, 15) is 9.59 Å². The lowest BCUT2D eigenvalue weighted by Gasteiger charge is -2.30. The molecule has 0 fully saturated rings. The highest BCUT2D eigenvalue weighted by Gasteiger charge is 2.28. The van der Waals surface area contributed by atoms with E-state index < -0.39 is 18.0 Å². The topological polar surface area (TPSA) is 78.4 Å². The summed E-state index contributed by atoms with van der Waals surface area (Å²) >= 11 is 5.90. The third kappa shape index (κ3) is 5.63. The fourth-order valence-corrected chi connectivity index (χ4v) is 1.97. The van der Waals surface area contributed by atoms with Crippen LogP contribution < -0.4 is 10.6 Å². The van der Waals surface area contributed by atoms with Crippen molar-refractivity contribution in [2.24, 2.45) is 5.41 Å². The minimum atomic E-state index is -0.950. The summed E-state index contributed by atoms with van der Waals surface area (Å²) in [6, 6.07) is 4.27. The van der Waals surface area contributed by atoms with Gasteiger partial charge in [-0.05, 0) is 30.0 Å². The molecule has 2 amide bonds. The molecule has 0 aliphatic carbocycles. The number of nitrogens with one attached hydrogen (secondary N) is 2. The number of carbonyl (C=O) groups excluding carboxylic acids is 1. The van der Waals surface area contributed by atoms with Crippen molar-refractivity contribution < 1.29 is 14.7 Å². The van der Waals surface area contributed by atoms with Crippen LogP contribution in [0.1, 0.15) is 32.8 Å². The van der Waals surface area contributed by atoms with E-state index >= 15 is 0 Å². The summed E-state index contributed by atoms with van der Waals surface area (Å²) in [5.74, 6) is -0.950. The fraction of sp³-hybridized carbons (Fsp3) is 0.467. The van der Waals surface area contributed by atoms with Crippen LogP contribution in [-0.4, -0.2) is 23.1 Å². The van der Waals surface area contributed by atoms with Gasteiger partial charge in [0.15, 0.2) is 0 Å². The largest absolute Gasteiger partial charge is 0.481 e. The van der Waals surface area contributed by atoms with Crippen LogP contribution in [0.5, 0.6) is 0 Å². The first kappa shape index (κ1) is 17.3. The molecule has 0 spiro atoms. The lowest BCUT2D eigenvalue weighted by atomic mass is 9.85. The smallest absolute Gasteiger partial charge is 0.319 e. The molecule has 0 aromatic heterocycles. The van der Waals surface area contributed by atoms with E-state index in [0.29, 0.717) is 10.7 Å². The maximum absolute atomic E-state index is 12.1. The Morgan fingerprint density at radius 3 is 2.48 bits per heavy atom. The molecule has 0 radical (unpaired) electrons. The number of carboxylic acids is 1. The highest BCUT2D eigenvalue weighted by molar-refractivity contribution is 6.31. The van der Waals surface area contributed by atoms with Gasteiger partial charge in [0.05, 0.1) is 6.42 Å². The van der Waals surface area contributed by atoms with Crippen LogP contribution >= 0.6 is 11.6 Å². The van der Waals surface area contributed by atoms with Gasteiger partial charge >= 0.3 is 12.0 Å². The molecule has 116 valence electrons. The summed E-state index contributed by atoms with van der Waals surface area (Å²) in [7, 11) is 0. The number of aliphatic carboxylic acids is 1. The van der Waals surface area contributed by atoms with Crippen molar-refractivity contribution in [3.05, 3.63) is 28.8 Å². The van der Waals surface area contributed by atoms with Gasteiger partial charge in [0.25, 0.3) is 0 Å². The Bertz CT molecular complexity index is 538. The van der Waals surface area contributed by atoms with Crippen LogP contribution in [0.3, 0.4) is 0 Å². The highest BCUT2D eigenvalue weighted by atomic mass is 35.5. The SMILES string of the molecule is Cc1ccc(Cl)cc1NC(=O)NC(CC(=O)O)C(C)(C)C. The fourth-order valence-electron chi connectivity index (χ4n) is 1.79. The van der Waals surface area contributed by atoms with E-state index in [1.807, 2.05) is 27.7 Å². The molecule has 1 aromatic carbocycles. The number of aryl methyl sites for hydroxylation is 1. The maximum Gasteiger partial charge on any atom is 0.319 e. The van der Waals surface area contributed by atoms with Gasteiger partial charge < -0.3 is 15.7 Å². The molecule has 21 heavy (non-hydrogen) atoms. The number of hydrogen-bond acceptors (Lipinski definition) is 2. The second-order valence-corrected chi connectivity index (χ2v) is 6.51. The summed E-state index contributed by atoms with van der Waals surface area (Å²) in [5.41, 5.74) is 1.11. The lowest BCUT2D eigenvalue weighted by molar-refractivity contribution is -0.138. The van der Waals surface area contributed by atoms with Gasteiger partial charge in [-0.1, -0.05) is 38.4 Å². The molecule has 3 N–H and O–H groups in total. The summed E-state index contributed by atoms with van der Waals surface area (Å²) in [6.45, 7) is 7.49. The number of urea groups is 1. The van der Waals surface area contributed by atoms with Crippen LogP contribution in [-0.2, 0) is 4.79 Å². The van der Waals surface area contributed by atoms with Crippen molar-refractivity contribution in [1.82, 2.24) is 5.32 Å². The van der Waals surface area contributed by atoms with Crippen molar-refractivity contribution in [1.29, 1.82) is 0 Å². The van der Waals surface area contributed by atoms with Crippen molar-refractivity contribution in [2.75, 3.05) is 5.32 Å². The van der Waals surface area contributed by atoms with E-state index in [1.54, 1.807) is 18.2 Å². The third-order valence-corrected chi connectivity index (χ3v) is 3.41. The van der Waals surface area contributed by atoms with Gasteiger partial charge in [-0.3, -0.25) is 4.79 Å². The first-order valence-electron chi connectivity index (χ1n) is 6.65. The van der Waals surface area contributed by atoms with Crippen LogP contribution in [0, 0.1) is 12.3 Å². The molecule has 5 nitrogen and oxygen atoms in total. The van der Waals surface area contributed by atoms with Crippen molar-refractivity contribution in [3.8, 4) is 0 Å².